The van der Waals surface area contributed by atoms with Crippen LogP contribution in [0.3, 0.4) is 0 Å². The molecule has 0 saturated heterocycles. The van der Waals surface area contributed by atoms with E-state index in [1.165, 1.54) is 12.6 Å². The first-order valence-corrected chi connectivity index (χ1v) is 8.21. The normalized spacial score (nSPS) is 22.8. The number of furan rings is 1. The van der Waals surface area contributed by atoms with Crippen molar-refractivity contribution >= 4 is 5.91 Å². The summed E-state index contributed by atoms with van der Waals surface area (Å²) in [6, 6.07) is 7.46. The highest BCUT2D eigenvalue weighted by molar-refractivity contribution is 5.94. The maximum absolute atomic E-state index is 12.7. The van der Waals surface area contributed by atoms with Crippen molar-refractivity contribution in [1.82, 2.24) is 9.88 Å². The van der Waals surface area contributed by atoms with Crippen LogP contribution in [0.4, 0.5) is 0 Å². The van der Waals surface area contributed by atoms with Gasteiger partial charge in [-0.25, -0.2) is 0 Å². The average molecular weight is 312 g/mol. The Morgan fingerprint density at radius 3 is 2.78 bits per heavy atom. The summed E-state index contributed by atoms with van der Waals surface area (Å²) in [6.45, 7) is 2.65. The fraction of sp³-hybridized carbons (Fsp3) is 0.444. The molecule has 4 rings (SSSR count). The molecular formula is C18H20N2O3. The van der Waals surface area contributed by atoms with E-state index < -0.39 is 0 Å². The lowest BCUT2D eigenvalue weighted by molar-refractivity contribution is 0.0715. The Morgan fingerprint density at radius 1 is 1.35 bits per heavy atom. The van der Waals surface area contributed by atoms with Crippen molar-refractivity contribution in [2.75, 3.05) is 0 Å². The van der Waals surface area contributed by atoms with Crippen LogP contribution in [0.1, 0.15) is 54.0 Å². The summed E-state index contributed by atoms with van der Waals surface area (Å²) in [7, 11) is 0. The lowest BCUT2D eigenvalue weighted by atomic mass is 10.2. The van der Waals surface area contributed by atoms with Gasteiger partial charge >= 0.3 is 0 Å². The Labute approximate surface area is 134 Å². The van der Waals surface area contributed by atoms with Crippen LogP contribution >= 0.6 is 0 Å². The number of H-pyrrole nitrogens is 1. The summed E-state index contributed by atoms with van der Waals surface area (Å²) in [5, 5.41) is 0. The third-order valence-electron chi connectivity index (χ3n) is 4.78. The molecule has 2 aromatic heterocycles. The molecule has 0 radical (unpaired) electrons. The van der Waals surface area contributed by atoms with Gasteiger partial charge in [0.25, 0.3) is 11.5 Å². The molecule has 2 unspecified atom stereocenters. The quantitative estimate of drug-likeness (QED) is 0.923. The van der Waals surface area contributed by atoms with Crippen molar-refractivity contribution in [2.45, 2.75) is 44.7 Å². The first-order chi connectivity index (χ1) is 11.1. The number of aromatic nitrogens is 1. The summed E-state index contributed by atoms with van der Waals surface area (Å²) in [4.78, 5) is 28.9. The van der Waals surface area contributed by atoms with Crippen LogP contribution in [0.2, 0.25) is 0 Å². The van der Waals surface area contributed by atoms with E-state index in [0.717, 1.165) is 24.4 Å². The summed E-state index contributed by atoms with van der Waals surface area (Å²) >= 11 is 0. The molecule has 2 saturated carbocycles. The molecule has 23 heavy (non-hydrogen) atoms. The van der Waals surface area contributed by atoms with Crippen molar-refractivity contribution < 1.29 is 9.21 Å². The number of pyridine rings is 1. The lowest BCUT2D eigenvalue weighted by Crippen LogP contribution is -2.35. The molecule has 2 fully saturated rings. The third-order valence-corrected chi connectivity index (χ3v) is 4.78. The van der Waals surface area contributed by atoms with Crippen molar-refractivity contribution in [3.8, 4) is 0 Å². The highest BCUT2D eigenvalue weighted by Crippen LogP contribution is 2.47. The van der Waals surface area contributed by atoms with Gasteiger partial charge in [-0.05, 0) is 49.4 Å². The van der Waals surface area contributed by atoms with Gasteiger partial charge in [-0.15, -0.1) is 0 Å². The van der Waals surface area contributed by atoms with Gasteiger partial charge in [-0.3, -0.25) is 9.59 Å². The number of hydrogen-bond donors (Lipinski definition) is 1. The molecule has 1 amide bonds. The molecule has 2 aromatic rings. The van der Waals surface area contributed by atoms with Gasteiger partial charge in [-0.2, -0.15) is 0 Å². The van der Waals surface area contributed by atoms with E-state index in [9.17, 15) is 9.59 Å². The minimum absolute atomic E-state index is 0.196. The van der Waals surface area contributed by atoms with Crippen LogP contribution in [0.15, 0.2) is 39.7 Å². The maximum atomic E-state index is 12.7. The first kappa shape index (κ1) is 14.3. The van der Waals surface area contributed by atoms with Crippen molar-refractivity contribution in [3.05, 3.63) is 57.9 Å². The summed E-state index contributed by atoms with van der Waals surface area (Å²) in [6.07, 6.45) is 4.70. The van der Waals surface area contributed by atoms with Crippen LogP contribution in [0.25, 0.3) is 0 Å². The van der Waals surface area contributed by atoms with Gasteiger partial charge in [0.1, 0.15) is 17.1 Å². The van der Waals surface area contributed by atoms with E-state index in [-0.39, 0.29) is 23.1 Å². The molecule has 0 aliphatic heterocycles. The standard InChI is InChI=1S/C18H20N2O3/c1-11-9-15(11)16-7-6-13(23-16)10-20(12-4-5-12)18(22)14-3-2-8-19-17(14)21/h2-3,6-8,11-12,15H,4-5,9-10H2,1H3,(H,19,21). The zero-order valence-electron chi connectivity index (χ0n) is 13.1. The molecule has 0 bridgehead atoms. The van der Waals surface area contributed by atoms with Crippen molar-refractivity contribution in [3.63, 3.8) is 0 Å². The minimum atomic E-state index is -0.338. The average Bonchev–Trinajstić information content (AvgIpc) is 3.46. The Balaban J connectivity index is 1.54. The monoisotopic (exact) mass is 312 g/mol. The summed E-state index contributed by atoms with van der Waals surface area (Å²) < 4.78 is 5.92. The molecule has 0 spiro atoms. The van der Waals surface area contributed by atoms with Crippen molar-refractivity contribution in [2.24, 2.45) is 5.92 Å². The number of aromatic amines is 1. The van der Waals surface area contributed by atoms with Crippen molar-refractivity contribution in [1.29, 1.82) is 0 Å². The Hall–Kier alpha value is -2.30. The fourth-order valence-electron chi connectivity index (χ4n) is 3.06. The third kappa shape index (κ3) is 2.83. The predicted octanol–water partition coefficient (Wildman–Crippen LogP) is 2.90. The maximum Gasteiger partial charge on any atom is 0.260 e. The smallest absolute Gasteiger partial charge is 0.260 e. The number of carbonyl (C=O) groups is 1. The van der Waals surface area contributed by atoms with Gasteiger partial charge in [0.15, 0.2) is 0 Å². The molecule has 120 valence electrons. The van der Waals surface area contributed by atoms with E-state index >= 15 is 0 Å². The molecule has 2 aliphatic rings. The van der Waals surface area contributed by atoms with E-state index in [1.807, 2.05) is 12.1 Å². The van der Waals surface area contributed by atoms with Gasteiger partial charge in [0.2, 0.25) is 0 Å². The van der Waals surface area contributed by atoms with Crippen LogP contribution < -0.4 is 5.56 Å². The minimum Gasteiger partial charge on any atom is -0.464 e. The molecule has 2 heterocycles. The Morgan fingerprint density at radius 2 is 2.13 bits per heavy atom. The van der Waals surface area contributed by atoms with E-state index in [2.05, 4.69) is 11.9 Å². The number of rotatable bonds is 5. The lowest BCUT2D eigenvalue weighted by Gasteiger charge is -2.20. The van der Waals surface area contributed by atoms with Gasteiger partial charge < -0.3 is 14.3 Å². The van der Waals surface area contributed by atoms with Gasteiger partial charge in [0, 0.05) is 18.2 Å². The van der Waals surface area contributed by atoms with Crippen LogP contribution in [0, 0.1) is 5.92 Å². The predicted molar refractivity (Wildman–Crippen MR) is 85.2 cm³/mol. The summed E-state index contributed by atoms with van der Waals surface area (Å²) in [5.41, 5.74) is -0.142. The molecule has 5 nitrogen and oxygen atoms in total. The second kappa shape index (κ2) is 5.41. The summed E-state index contributed by atoms with van der Waals surface area (Å²) in [5.74, 6) is 2.83. The first-order valence-electron chi connectivity index (χ1n) is 8.21. The fourth-order valence-corrected chi connectivity index (χ4v) is 3.06. The highest BCUT2D eigenvalue weighted by Gasteiger charge is 2.38. The second-order valence-corrected chi connectivity index (χ2v) is 6.70. The zero-order chi connectivity index (χ0) is 16.0. The van der Waals surface area contributed by atoms with E-state index in [4.69, 9.17) is 4.42 Å². The molecular weight excluding hydrogens is 292 g/mol. The topological polar surface area (TPSA) is 66.3 Å². The number of nitrogens with zero attached hydrogens (tertiary/aromatic N) is 1. The Kier molecular flexibility index (Phi) is 3.36. The molecule has 2 aliphatic carbocycles. The highest BCUT2D eigenvalue weighted by atomic mass is 16.3. The SMILES string of the molecule is CC1CC1c1ccc(CN(C(=O)c2ccc[nH]c2=O)C2CC2)o1. The van der Waals surface area contributed by atoms with E-state index in [0.29, 0.717) is 18.4 Å². The van der Waals surface area contributed by atoms with Crippen LogP contribution in [-0.4, -0.2) is 21.8 Å². The zero-order valence-corrected chi connectivity index (χ0v) is 13.1. The van der Waals surface area contributed by atoms with Crippen LogP contribution in [-0.2, 0) is 6.54 Å². The molecule has 2 atom stereocenters. The number of amides is 1. The second-order valence-electron chi connectivity index (χ2n) is 6.70. The number of carbonyl (C=O) groups excluding carboxylic acids is 1. The molecule has 5 heteroatoms. The largest absolute Gasteiger partial charge is 0.464 e. The number of hydrogen-bond acceptors (Lipinski definition) is 3. The number of nitrogens with one attached hydrogen (secondary N) is 1. The molecule has 0 aromatic carbocycles. The van der Waals surface area contributed by atoms with E-state index in [1.54, 1.807) is 17.0 Å². The Bertz CT molecular complexity index is 787. The van der Waals surface area contributed by atoms with Gasteiger partial charge in [0.05, 0.1) is 6.54 Å². The van der Waals surface area contributed by atoms with Crippen LogP contribution in [0.5, 0.6) is 0 Å². The molecule has 1 N–H and O–H groups in total. The van der Waals surface area contributed by atoms with Gasteiger partial charge in [-0.1, -0.05) is 6.92 Å².